The van der Waals surface area contributed by atoms with Crippen LogP contribution in [0.4, 0.5) is 17.1 Å². The molecule has 0 saturated carbocycles. The molecule has 1 amide bonds. The average molecular weight is 451 g/mol. The van der Waals surface area contributed by atoms with E-state index in [2.05, 4.69) is 5.32 Å². The van der Waals surface area contributed by atoms with Gasteiger partial charge in [0, 0.05) is 29.1 Å². The van der Waals surface area contributed by atoms with Gasteiger partial charge in [0.05, 0.1) is 10.5 Å². The van der Waals surface area contributed by atoms with Crippen molar-refractivity contribution in [3.05, 3.63) is 130 Å². The first-order chi connectivity index (χ1) is 16.6. The van der Waals surface area contributed by atoms with Gasteiger partial charge in [0.25, 0.3) is 11.6 Å². The van der Waals surface area contributed by atoms with Gasteiger partial charge in [-0.05, 0) is 48.0 Å². The number of hydrogen-bond acceptors (Lipinski definition) is 5. The summed E-state index contributed by atoms with van der Waals surface area (Å²) in [6.45, 7) is 0.234. The van der Waals surface area contributed by atoms with E-state index in [0.29, 0.717) is 11.3 Å². The summed E-state index contributed by atoms with van der Waals surface area (Å²) in [5.74, 6) is 0.516. The summed E-state index contributed by atoms with van der Waals surface area (Å²) in [6.07, 6.45) is -0.488. The average Bonchev–Trinajstić information content (AvgIpc) is 2.88. The van der Waals surface area contributed by atoms with Gasteiger partial charge in [-0.1, -0.05) is 48.5 Å². The topological polar surface area (TPSA) is 84.7 Å². The molecule has 0 saturated heterocycles. The summed E-state index contributed by atoms with van der Waals surface area (Å²) < 4.78 is 6.14. The van der Waals surface area contributed by atoms with Gasteiger partial charge in [0.2, 0.25) is 0 Å². The highest BCUT2D eigenvalue weighted by molar-refractivity contribution is 6.12. The van der Waals surface area contributed by atoms with Crippen LogP contribution in [-0.4, -0.2) is 10.8 Å². The number of nitro groups is 1. The minimum absolute atomic E-state index is 0.0336. The summed E-state index contributed by atoms with van der Waals surface area (Å²) >= 11 is 0. The number of fused-ring (bicyclic) bond motifs is 1. The van der Waals surface area contributed by atoms with Crippen LogP contribution in [0.15, 0.2) is 103 Å². The molecule has 0 spiro atoms. The highest BCUT2D eigenvalue weighted by Crippen LogP contribution is 2.39. The minimum atomic E-state index is -0.488. The fourth-order valence-electron chi connectivity index (χ4n) is 4.04. The molecule has 1 atom stereocenters. The lowest BCUT2D eigenvalue weighted by Crippen LogP contribution is -2.43. The quantitative estimate of drug-likeness (QED) is 0.289. The molecule has 7 heteroatoms. The van der Waals surface area contributed by atoms with E-state index in [0.717, 1.165) is 22.5 Å². The van der Waals surface area contributed by atoms with Gasteiger partial charge in [0.15, 0.2) is 0 Å². The number of para-hydroxylation sites is 3. The van der Waals surface area contributed by atoms with Gasteiger partial charge in [-0.3, -0.25) is 19.8 Å². The minimum Gasteiger partial charge on any atom is -0.488 e. The van der Waals surface area contributed by atoms with E-state index >= 15 is 0 Å². The van der Waals surface area contributed by atoms with Crippen LogP contribution in [0.5, 0.6) is 5.75 Å². The van der Waals surface area contributed by atoms with E-state index in [1.54, 1.807) is 17.0 Å². The molecule has 0 fully saturated rings. The zero-order valence-corrected chi connectivity index (χ0v) is 18.1. The molecule has 1 aliphatic rings. The standard InChI is InChI=1S/C27H21N3O4/c31-27-22-10-4-6-12-24(22)28-26(29(27)20-8-2-1-3-9-20)23-11-5-7-13-25(23)34-18-19-14-16-21(17-15-19)30(32)33/h1-17,26,28H,18H2/t26-/m0/s1. The molecular formula is C27H21N3O4. The Morgan fingerprint density at radius 3 is 2.29 bits per heavy atom. The Bertz CT molecular complexity index is 1340. The highest BCUT2D eigenvalue weighted by atomic mass is 16.6. The van der Waals surface area contributed by atoms with Crippen LogP contribution in [0.2, 0.25) is 0 Å². The van der Waals surface area contributed by atoms with Crippen LogP contribution in [-0.2, 0) is 6.61 Å². The maximum atomic E-state index is 13.6. The fourth-order valence-corrected chi connectivity index (χ4v) is 4.04. The molecule has 0 aromatic heterocycles. The number of carbonyl (C=O) groups excluding carboxylic acids is 1. The first-order valence-electron chi connectivity index (χ1n) is 10.8. The van der Waals surface area contributed by atoms with E-state index in [1.807, 2.05) is 78.9 Å². The predicted octanol–water partition coefficient (Wildman–Crippen LogP) is 5.94. The Balaban J connectivity index is 1.49. The summed E-state index contributed by atoms with van der Waals surface area (Å²) in [5.41, 5.74) is 3.77. The van der Waals surface area contributed by atoms with Crippen LogP contribution in [0.1, 0.15) is 27.7 Å². The molecule has 34 heavy (non-hydrogen) atoms. The number of rotatable bonds is 6. The molecule has 0 aliphatic carbocycles. The molecule has 5 rings (SSSR count). The summed E-state index contributed by atoms with van der Waals surface area (Å²) in [7, 11) is 0. The zero-order valence-electron chi connectivity index (χ0n) is 18.1. The van der Waals surface area contributed by atoms with E-state index in [4.69, 9.17) is 4.74 Å². The lowest BCUT2D eigenvalue weighted by molar-refractivity contribution is -0.384. The Kier molecular flexibility index (Phi) is 5.66. The summed E-state index contributed by atoms with van der Waals surface area (Å²) in [6, 6.07) is 30.8. The molecule has 0 bridgehead atoms. The number of hydrogen-bond donors (Lipinski definition) is 1. The van der Waals surface area contributed by atoms with E-state index in [9.17, 15) is 14.9 Å². The van der Waals surface area contributed by atoms with Gasteiger partial charge < -0.3 is 10.1 Å². The first-order valence-corrected chi connectivity index (χ1v) is 10.8. The Hall–Kier alpha value is -4.65. The number of amides is 1. The van der Waals surface area contributed by atoms with Crippen molar-refractivity contribution < 1.29 is 14.5 Å². The van der Waals surface area contributed by atoms with Crippen LogP contribution in [0.3, 0.4) is 0 Å². The molecule has 0 radical (unpaired) electrons. The van der Waals surface area contributed by atoms with Gasteiger partial charge in [-0.15, -0.1) is 0 Å². The molecule has 1 heterocycles. The number of anilines is 2. The smallest absolute Gasteiger partial charge is 0.269 e. The maximum absolute atomic E-state index is 13.6. The monoisotopic (exact) mass is 451 g/mol. The normalized spacial score (nSPS) is 14.8. The van der Waals surface area contributed by atoms with Crippen molar-refractivity contribution in [2.75, 3.05) is 10.2 Å². The SMILES string of the molecule is O=C1c2ccccc2N[C@H](c2ccccc2OCc2ccc([N+](=O)[O-])cc2)N1c1ccccc1. The van der Waals surface area contributed by atoms with Crippen molar-refractivity contribution in [3.8, 4) is 5.75 Å². The van der Waals surface area contributed by atoms with Crippen molar-refractivity contribution in [2.45, 2.75) is 12.8 Å². The molecule has 7 nitrogen and oxygen atoms in total. The third kappa shape index (κ3) is 4.06. The van der Waals surface area contributed by atoms with E-state index < -0.39 is 11.1 Å². The lowest BCUT2D eigenvalue weighted by Gasteiger charge is -2.38. The molecular weight excluding hydrogens is 430 g/mol. The van der Waals surface area contributed by atoms with Crippen molar-refractivity contribution in [3.63, 3.8) is 0 Å². The third-order valence-electron chi connectivity index (χ3n) is 5.72. The molecule has 0 unspecified atom stereocenters. The van der Waals surface area contributed by atoms with Gasteiger partial charge in [0.1, 0.15) is 18.5 Å². The van der Waals surface area contributed by atoms with Crippen molar-refractivity contribution >= 4 is 23.0 Å². The third-order valence-corrected chi connectivity index (χ3v) is 5.72. The number of benzene rings is 4. The number of nitro benzene ring substituents is 1. The van der Waals surface area contributed by atoms with Gasteiger partial charge in [-0.2, -0.15) is 0 Å². The predicted molar refractivity (Wildman–Crippen MR) is 130 cm³/mol. The highest BCUT2D eigenvalue weighted by Gasteiger charge is 2.35. The van der Waals surface area contributed by atoms with Gasteiger partial charge in [-0.25, -0.2) is 0 Å². The maximum Gasteiger partial charge on any atom is 0.269 e. The van der Waals surface area contributed by atoms with Crippen LogP contribution in [0, 0.1) is 10.1 Å². The first kappa shape index (κ1) is 21.2. The Morgan fingerprint density at radius 1 is 0.853 bits per heavy atom. The number of carbonyl (C=O) groups is 1. The lowest BCUT2D eigenvalue weighted by atomic mass is 10.0. The largest absolute Gasteiger partial charge is 0.488 e. The van der Waals surface area contributed by atoms with Crippen molar-refractivity contribution in [1.29, 1.82) is 0 Å². The molecule has 4 aromatic carbocycles. The van der Waals surface area contributed by atoms with Crippen LogP contribution >= 0.6 is 0 Å². The fraction of sp³-hybridized carbons (Fsp3) is 0.0741. The van der Waals surface area contributed by atoms with Crippen molar-refractivity contribution in [2.24, 2.45) is 0 Å². The number of non-ortho nitro benzene ring substituents is 1. The summed E-state index contributed by atoms with van der Waals surface area (Å²) in [4.78, 5) is 25.8. The molecule has 1 aliphatic heterocycles. The molecule has 4 aromatic rings. The second-order valence-electron chi connectivity index (χ2n) is 7.85. The van der Waals surface area contributed by atoms with Crippen molar-refractivity contribution in [1.82, 2.24) is 0 Å². The zero-order chi connectivity index (χ0) is 23.5. The molecule has 1 N–H and O–H groups in total. The Labute approximate surface area is 196 Å². The van der Waals surface area contributed by atoms with Crippen LogP contribution < -0.4 is 15.0 Å². The second-order valence-corrected chi connectivity index (χ2v) is 7.85. The number of nitrogens with zero attached hydrogens (tertiary/aromatic N) is 2. The van der Waals surface area contributed by atoms with E-state index in [1.165, 1.54) is 12.1 Å². The summed E-state index contributed by atoms with van der Waals surface area (Å²) in [5, 5.41) is 14.4. The van der Waals surface area contributed by atoms with Crippen LogP contribution in [0.25, 0.3) is 0 Å². The Morgan fingerprint density at radius 2 is 1.53 bits per heavy atom. The molecule has 168 valence electrons. The number of nitrogens with one attached hydrogen (secondary N) is 1. The van der Waals surface area contributed by atoms with Gasteiger partial charge >= 0.3 is 0 Å². The number of ether oxygens (including phenoxy) is 1. The van der Waals surface area contributed by atoms with E-state index in [-0.39, 0.29) is 18.2 Å². The second kappa shape index (κ2) is 9.07.